The highest BCUT2D eigenvalue weighted by molar-refractivity contribution is 5.97. The average Bonchev–Trinajstić information content (AvgIpc) is 2.34. The zero-order valence-corrected chi connectivity index (χ0v) is 11.8. The molecule has 0 amide bonds. The fourth-order valence-electron chi connectivity index (χ4n) is 2.91. The molecule has 1 aliphatic heterocycles. The van der Waals surface area contributed by atoms with Gasteiger partial charge in [-0.1, -0.05) is 19.1 Å². The number of rotatable bonds is 1. The summed E-state index contributed by atoms with van der Waals surface area (Å²) in [6.45, 7) is 6.63. The highest BCUT2D eigenvalue weighted by Gasteiger charge is 2.36. The van der Waals surface area contributed by atoms with Crippen LogP contribution in [0.5, 0.6) is 0 Å². The summed E-state index contributed by atoms with van der Waals surface area (Å²) in [5, 5.41) is 0. The first-order chi connectivity index (χ1) is 8.38. The van der Waals surface area contributed by atoms with Gasteiger partial charge in [0, 0.05) is 12.6 Å². The van der Waals surface area contributed by atoms with Crippen LogP contribution in [0.4, 0.5) is 5.69 Å². The maximum atomic E-state index is 11.9. The lowest BCUT2D eigenvalue weighted by Crippen LogP contribution is -2.46. The van der Waals surface area contributed by atoms with Crippen LogP contribution in [0.1, 0.15) is 49.0 Å². The summed E-state index contributed by atoms with van der Waals surface area (Å²) in [5.41, 5.74) is 2.97. The summed E-state index contributed by atoms with van der Waals surface area (Å²) in [6.07, 6.45) is 1.08. The molecule has 1 heterocycles. The first-order valence-electron chi connectivity index (χ1n) is 6.33. The number of ether oxygens (including phenoxy) is 1. The number of carbonyl (C=O) groups is 1. The van der Waals surface area contributed by atoms with Crippen molar-refractivity contribution in [2.75, 3.05) is 19.1 Å². The molecule has 1 unspecified atom stereocenters. The van der Waals surface area contributed by atoms with Gasteiger partial charge < -0.3 is 9.64 Å². The molecule has 0 spiro atoms. The summed E-state index contributed by atoms with van der Waals surface area (Å²) in [6, 6.07) is 5.89. The van der Waals surface area contributed by atoms with E-state index in [9.17, 15) is 4.79 Å². The number of fused-ring (bicyclic) bond motifs is 1. The molecule has 0 fully saturated rings. The van der Waals surface area contributed by atoms with Crippen LogP contribution in [0.2, 0.25) is 0 Å². The molecule has 18 heavy (non-hydrogen) atoms. The van der Waals surface area contributed by atoms with Crippen molar-refractivity contribution >= 4 is 11.7 Å². The second-order valence-electron chi connectivity index (χ2n) is 5.71. The van der Waals surface area contributed by atoms with Gasteiger partial charge in [-0.05, 0) is 37.8 Å². The quantitative estimate of drug-likeness (QED) is 0.714. The molecule has 0 aliphatic carbocycles. The first kappa shape index (κ1) is 12.9. The Kier molecular flexibility index (Phi) is 3.09. The topological polar surface area (TPSA) is 29.5 Å². The monoisotopic (exact) mass is 247 g/mol. The summed E-state index contributed by atoms with van der Waals surface area (Å²) < 4.78 is 4.89. The van der Waals surface area contributed by atoms with Gasteiger partial charge in [0.25, 0.3) is 0 Å². The molecule has 0 saturated carbocycles. The van der Waals surface area contributed by atoms with Crippen LogP contribution in [-0.2, 0) is 4.74 Å². The number of carbonyl (C=O) groups excluding carboxylic acids is 1. The summed E-state index contributed by atoms with van der Waals surface area (Å²) >= 11 is 0. The van der Waals surface area contributed by atoms with Crippen molar-refractivity contribution in [2.24, 2.45) is 0 Å². The molecule has 1 aliphatic rings. The van der Waals surface area contributed by atoms with Gasteiger partial charge in [-0.15, -0.1) is 0 Å². The standard InChI is InChI=1S/C15H21NO2/c1-10-9-15(2,3)16(4)13-11(10)7-6-8-12(13)14(17)18-5/h6-8,10H,9H2,1-5H3. The normalized spacial score (nSPS) is 21.4. The van der Waals surface area contributed by atoms with Crippen LogP contribution < -0.4 is 4.90 Å². The van der Waals surface area contributed by atoms with E-state index in [4.69, 9.17) is 4.74 Å². The minimum Gasteiger partial charge on any atom is -0.465 e. The van der Waals surface area contributed by atoms with Gasteiger partial charge in [0.15, 0.2) is 0 Å². The van der Waals surface area contributed by atoms with Gasteiger partial charge in [0.2, 0.25) is 0 Å². The molecule has 0 radical (unpaired) electrons. The number of hydrogen-bond acceptors (Lipinski definition) is 3. The Labute approximate surface area is 109 Å². The molecule has 0 saturated heterocycles. The zero-order valence-electron chi connectivity index (χ0n) is 11.8. The maximum absolute atomic E-state index is 11.9. The Morgan fingerprint density at radius 3 is 2.72 bits per heavy atom. The molecule has 0 N–H and O–H groups in total. The number of benzene rings is 1. The van der Waals surface area contributed by atoms with E-state index < -0.39 is 0 Å². The highest BCUT2D eigenvalue weighted by Crippen LogP contribution is 2.44. The average molecular weight is 247 g/mol. The molecule has 0 bridgehead atoms. The predicted octanol–water partition coefficient (Wildman–Crippen LogP) is 3.20. The number of hydrogen-bond donors (Lipinski definition) is 0. The van der Waals surface area contributed by atoms with E-state index >= 15 is 0 Å². The van der Waals surface area contributed by atoms with Crippen LogP contribution in [-0.4, -0.2) is 25.7 Å². The van der Waals surface area contributed by atoms with Crippen LogP contribution in [0, 0.1) is 0 Å². The molecule has 1 aromatic carbocycles. The highest BCUT2D eigenvalue weighted by atomic mass is 16.5. The van der Waals surface area contributed by atoms with E-state index in [2.05, 4.69) is 38.8 Å². The maximum Gasteiger partial charge on any atom is 0.339 e. The third-order valence-corrected chi connectivity index (χ3v) is 4.05. The number of para-hydroxylation sites is 1. The largest absolute Gasteiger partial charge is 0.465 e. The smallest absolute Gasteiger partial charge is 0.339 e. The SMILES string of the molecule is COC(=O)c1cccc2c1N(C)C(C)(C)CC2C. The third-order valence-electron chi connectivity index (χ3n) is 4.05. The molecule has 2 rings (SSSR count). The minimum atomic E-state index is -0.261. The van der Waals surface area contributed by atoms with Crippen molar-refractivity contribution in [2.45, 2.75) is 38.6 Å². The molecule has 98 valence electrons. The Balaban J connectivity index is 2.63. The molecule has 1 atom stereocenters. The Bertz CT molecular complexity index is 479. The zero-order chi connectivity index (χ0) is 13.5. The predicted molar refractivity (Wildman–Crippen MR) is 73.3 cm³/mol. The van der Waals surface area contributed by atoms with Gasteiger partial charge in [0.1, 0.15) is 0 Å². The lowest BCUT2D eigenvalue weighted by Gasteiger charge is -2.46. The van der Waals surface area contributed by atoms with Gasteiger partial charge >= 0.3 is 5.97 Å². The van der Waals surface area contributed by atoms with Gasteiger partial charge in [0.05, 0.1) is 18.4 Å². The van der Waals surface area contributed by atoms with Gasteiger partial charge in [-0.25, -0.2) is 4.79 Å². The second-order valence-corrected chi connectivity index (χ2v) is 5.71. The van der Waals surface area contributed by atoms with Gasteiger partial charge in [-0.2, -0.15) is 0 Å². The van der Waals surface area contributed by atoms with Crippen molar-refractivity contribution in [3.8, 4) is 0 Å². The van der Waals surface area contributed by atoms with E-state index in [-0.39, 0.29) is 11.5 Å². The fourth-order valence-corrected chi connectivity index (χ4v) is 2.91. The van der Waals surface area contributed by atoms with Crippen molar-refractivity contribution in [1.29, 1.82) is 0 Å². The summed E-state index contributed by atoms with van der Waals surface area (Å²) in [5.74, 6) is 0.194. The summed E-state index contributed by atoms with van der Waals surface area (Å²) in [7, 11) is 3.48. The van der Waals surface area contributed by atoms with Crippen molar-refractivity contribution in [3.63, 3.8) is 0 Å². The molecule has 0 aromatic heterocycles. The second kappa shape index (κ2) is 4.30. The van der Waals surface area contributed by atoms with Crippen molar-refractivity contribution in [3.05, 3.63) is 29.3 Å². The number of methoxy groups -OCH3 is 1. The van der Waals surface area contributed by atoms with E-state index in [1.165, 1.54) is 12.7 Å². The van der Waals surface area contributed by atoms with E-state index in [1.54, 1.807) is 0 Å². The van der Waals surface area contributed by atoms with Gasteiger partial charge in [-0.3, -0.25) is 0 Å². The van der Waals surface area contributed by atoms with Crippen molar-refractivity contribution < 1.29 is 9.53 Å². The van der Waals surface area contributed by atoms with E-state index in [0.717, 1.165) is 12.1 Å². The first-order valence-corrected chi connectivity index (χ1v) is 6.33. The Hall–Kier alpha value is -1.51. The number of nitrogens with zero attached hydrogens (tertiary/aromatic N) is 1. The number of esters is 1. The van der Waals surface area contributed by atoms with Crippen LogP contribution in [0.3, 0.4) is 0 Å². The van der Waals surface area contributed by atoms with Crippen LogP contribution in [0.25, 0.3) is 0 Å². The molecular formula is C15H21NO2. The minimum absolute atomic E-state index is 0.0521. The van der Waals surface area contributed by atoms with E-state index in [1.807, 2.05) is 12.1 Å². The van der Waals surface area contributed by atoms with Crippen molar-refractivity contribution in [1.82, 2.24) is 0 Å². The van der Waals surface area contributed by atoms with E-state index in [0.29, 0.717) is 11.5 Å². The third kappa shape index (κ3) is 1.88. The lowest BCUT2D eigenvalue weighted by atomic mass is 9.79. The van der Waals surface area contributed by atoms with Crippen LogP contribution >= 0.6 is 0 Å². The fraction of sp³-hybridized carbons (Fsp3) is 0.533. The Morgan fingerprint density at radius 1 is 1.44 bits per heavy atom. The summed E-state index contributed by atoms with van der Waals surface area (Å²) in [4.78, 5) is 14.1. The molecule has 3 heteroatoms. The molecule has 3 nitrogen and oxygen atoms in total. The molecular weight excluding hydrogens is 226 g/mol. The molecule has 1 aromatic rings. The Morgan fingerprint density at radius 2 is 2.11 bits per heavy atom. The lowest BCUT2D eigenvalue weighted by molar-refractivity contribution is 0.0601. The number of anilines is 1. The van der Waals surface area contributed by atoms with Crippen LogP contribution in [0.15, 0.2) is 18.2 Å².